The Balaban J connectivity index is 1.84. The van der Waals surface area contributed by atoms with Gasteiger partial charge in [-0.2, -0.15) is 0 Å². The van der Waals surface area contributed by atoms with E-state index in [-0.39, 0.29) is 0 Å². The number of carbonyl (C=O) groups excluding carboxylic acids is 1. The SMILES string of the molecule is CC1CCN(C(=O)C2CC2)CC1. The molecule has 1 aliphatic carbocycles. The fraction of sp³-hybridized carbons (Fsp3) is 0.900. The van der Waals surface area contributed by atoms with E-state index in [1.807, 2.05) is 0 Å². The van der Waals surface area contributed by atoms with Crippen LogP contribution in [0.25, 0.3) is 0 Å². The molecule has 1 amide bonds. The van der Waals surface area contributed by atoms with Crippen LogP contribution < -0.4 is 0 Å². The Labute approximate surface area is 73.9 Å². The Morgan fingerprint density at radius 3 is 2.25 bits per heavy atom. The average Bonchev–Trinajstić information content (AvgIpc) is 2.87. The summed E-state index contributed by atoms with van der Waals surface area (Å²) in [5.41, 5.74) is 0. The van der Waals surface area contributed by atoms with Crippen LogP contribution in [0.5, 0.6) is 0 Å². The van der Waals surface area contributed by atoms with Crippen LogP contribution in [0.1, 0.15) is 32.6 Å². The molecule has 0 aromatic heterocycles. The largest absolute Gasteiger partial charge is 0.342 e. The van der Waals surface area contributed by atoms with E-state index in [1.165, 1.54) is 12.8 Å². The van der Waals surface area contributed by atoms with E-state index < -0.39 is 0 Å². The molecule has 0 aromatic carbocycles. The molecule has 1 heterocycles. The van der Waals surface area contributed by atoms with Gasteiger partial charge in [0.1, 0.15) is 0 Å². The van der Waals surface area contributed by atoms with Crippen molar-refractivity contribution in [1.82, 2.24) is 4.90 Å². The van der Waals surface area contributed by atoms with Gasteiger partial charge in [-0.15, -0.1) is 0 Å². The zero-order valence-electron chi connectivity index (χ0n) is 7.75. The van der Waals surface area contributed by atoms with Gasteiger partial charge in [-0.3, -0.25) is 4.79 Å². The number of amides is 1. The highest BCUT2D eigenvalue weighted by atomic mass is 16.2. The van der Waals surface area contributed by atoms with Gasteiger partial charge in [-0.25, -0.2) is 0 Å². The van der Waals surface area contributed by atoms with Crippen molar-refractivity contribution in [2.24, 2.45) is 11.8 Å². The molecular weight excluding hydrogens is 150 g/mol. The fourth-order valence-corrected chi connectivity index (χ4v) is 1.82. The molecular formula is C10H17NO. The number of rotatable bonds is 1. The Morgan fingerprint density at radius 2 is 1.75 bits per heavy atom. The molecule has 2 aliphatic rings. The maximum Gasteiger partial charge on any atom is 0.225 e. The van der Waals surface area contributed by atoms with Gasteiger partial charge in [0.05, 0.1) is 0 Å². The first kappa shape index (κ1) is 8.09. The molecule has 2 rings (SSSR count). The van der Waals surface area contributed by atoms with Crippen molar-refractivity contribution in [1.29, 1.82) is 0 Å². The summed E-state index contributed by atoms with van der Waals surface area (Å²) in [5, 5.41) is 0. The van der Waals surface area contributed by atoms with Crippen LogP contribution in [0.3, 0.4) is 0 Å². The van der Waals surface area contributed by atoms with Gasteiger partial charge < -0.3 is 4.90 Å². The Kier molecular flexibility index (Phi) is 2.07. The minimum absolute atomic E-state index is 0.415. The molecule has 2 heteroatoms. The normalized spacial score (nSPS) is 25.9. The molecule has 2 nitrogen and oxygen atoms in total. The van der Waals surface area contributed by atoms with Gasteiger partial charge in [0, 0.05) is 19.0 Å². The number of nitrogens with zero attached hydrogens (tertiary/aromatic N) is 1. The zero-order valence-corrected chi connectivity index (χ0v) is 7.75. The van der Waals surface area contributed by atoms with Crippen LogP contribution in [0.2, 0.25) is 0 Å². The summed E-state index contributed by atoms with van der Waals surface area (Å²) in [6.07, 6.45) is 4.70. The summed E-state index contributed by atoms with van der Waals surface area (Å²) in [5.74, 6) is 1.67. The minimum Gasteiger partial charge on any atom is -0.342 e. The topological polar surface area (TPSA) is 20.3 Å². The molecule has 68 valence electrons. The Bertz CT molecular complexity index is 178. The summed E-state index contributed by atoms with van der Waals surface area (Å²) >= 11 is 0. The molecule has 0 bridgehead atoms. The van der Waals surface area contributed by atoms with Crippen molar-refractivity contribution in [2.75, 3.05) is 13.1 Å². The van der Waals surface area contributed by atoms with E-state index in [1.54, 1.807) is 0 Å². The molecule has 1 saturated heterocycles. The van der Waals surface area contributed by atoms with Gasteiger partial charge in [0.2, 0.25) is 5.91 Å². The number of piperidine rings is 1. The van der Waals surface area contributed by atoms with Gasteiger partial charge in [-0.1, -0.05) is 6.92 Å². The van der Waals surface area contributed by atoms with Gasteiger partial charge in [-0.05, 0) is 31.6 Å². The van der Waals surface area contributed by atoms with Crippen LogP contribution in [0.4, 0.5) is 0 Å². The molecule has 0 spiro atoms. The second-order valence-corrected chi connectivity index (χ2v) is 4.28. The van der Waals surface area contributed by atoms with E-state index >= 15 is 0 Å². The maximum atomic E-state index is 11.6. The average molecular weight is 167 g/mol. The highest BCUT2D eigenvalue weighted by Crippen LogP contribution is 2.32. The quantitative estimate of drug-likeness (QED) is 0.581. The highest BCUT2D eigenvalue weighted by Gasteiger charge is 2.34. The standard InChI is InChI=1S/C10H17NO/c1-8-4-6-11(7-5-8)10(12)9-2-3-9/h8-9H,2-7H2,1H3. The third kappa shape index (κ3) is 1.62. The Hall–Kier alpha value is -0.530. The number of likely N-dealkylation sites (tertiary alicyclic amines) is 1. The minimum atomic E-state index is 0.415. The molecule has 1 saturated carbocycles. The van der Waals surface area contributed by atoms with E-state index in [0.29, 0.717) is 11.8 Å². The van der Waals surface area contributed by atoms with Crippen molar-refractivity contribution >= 4 is 5.91 Å². The first-order valence-corrected chi connectivity index (χ1v) is 5.06. The van der Waals surface area contributed by atoms with Crippen LogP contribution in [-0.4, -0.2) is 23.9 Å². The maximum absolute atomic E-state index is 11.6. The lowest BCUT2D eigenvalue weighted by molar-refractivity contribution is -0.133. The predicted octanol–water partition coefficient (Wildman–Crippen LogP) is 1.65. The van der Waals surface area contributed by atoms with Crippen molar-refractivity contribution < 1.29 is 4.79 Å². The first-order chi connectivity index (χ1) is 5.77. The van der Waals surface area contributed by atoms with Gasteiger partial charge in [0.15, 0.2) is 0 Å². The van der Waals surface area contributed by atoms with E-state index in [4.69, 9.17) is 0 Å². The van der Waals surface area contributed by atoms with Gasteiger partial charge >= 0.3 is 0 Å². The van der Waals surface area contributed by atoms with Gasteiger partial charge in [0.25, 0.3) is 0 Å². The molecule has 1 aliphatic heterocycles. The lowest BCUT2D eigenvalue weighted by atomic mass is 9.99. The van der Waals surface area contributed by atoms with Crippen molar-refractivity contribution in [2.45, 2.75) is 32.6 Å². The van der Waals surface area contributed by atoms with Crippen molar-refractivity contribution in [3.8, 4) is 0 Å². The van der Waals surface area contributed by atoms with Crippen molar-refractivity contribution in [3.05, 3.63) is 0 Å². The van der Waals surface area contributed by atoms with Crippen LogP contribution in [0, 0.1) is 11.8 Å². The van der Waals surface area contributed by atoms with E-state index in [9.17, 15) is 4.79 Å². The van der Waals surface area contributed by atoms with Crippen molar-refractivity contribution in [3.63, 3.8) is 0 Å². The summed E-state index contributed by atoms with van der Waals surface area (Å²) in [7, 11) is 0. The number of carbonyl (C=O) groups is 1. The summed E-state index contributed by atoms with van der Waals surface area (Å²) < 4.78 is 0. The van der Waals surface area contributed by atoms with Crippen LogP contribution >= 0.6 is 0 Å². The third-order valence-electron chi connectivity index (χ3n) is 3.02. The second kappa shape index (κ2) is 3.08. The molecule has 0 N–H and O–H groups in total. The summed E-state index contributed by atoms with van der Waals surface area (Å²) in [6.45, 7) is 4.30. The lowest BCUT2D eigenvalue weighted by Gasteiger charge is -2.30. The fourth-order valence-electron chi connectivity index (χ4n) is 1.82. The Morgan fingerprint density at radius 1 is 1.17 bits per heavy atom. The zero-order chi connectivity index (χ0) is 8.55. The number of hydrogen-bond acceptors (Lipinski definition) is 1. The summed E-state index contributed by atoms with van der Waals surface area (Å²) in [4.78, 5) is 13.7. The third-order valence-corrected chi connectivity index (χ3v) is 3.02. The van der Waals surface area contributed by atoms with Crippen LogP contribution in [0.15, 0.2) is 0 Å². The highest BCUT2D eigenvalue weighted by molar-refractivity contribution is 5.81. The molecule has 2 fully saturated rings. The molecule has 0 unspecified atom stereocenters. The molecule has 0 radical (unpaired) electrons. The summed E-state index contributed by atoms with van der Waals surface area (Å²) in [6, 6.07) is 0. The van der Waals surface area contributed by atoms with E-state index in [2.05, 4.69) is 11.8 Å². The smallest absolute Gasteiger partial charge is 0.225 e. The monoisotopic (exact) mass is 167 g/mol. The van der Waals surface area contributed by atoms with Crippen LogP contribution in [-0.2, 0) is 4.79 Å². The lowest BCUT2D eigenvalue weighted by Crippen LogP contribution is -2.38. The van der Waals surface area contributed by atoms with E-state index in [0.717, 1.165) is 31.8 Å². The number of hydrogen-bond donors (Lipinski definition) is 0. The molecule has 0 atom stereocenters. The predicted molar refractivity (Wildman–Crippen MR) is 47.7 cm³/mol. The molecule has 0 aromatic rings. The first-order valence-electron chi connectivity index (χ1n) is 5.06. The second-order valence-electron chi connectivity index (χ2n) is 4.28. The molecule has 12 heavy (non-hydrogen) atoms.